The molecule has 1 aromatic carbocycles. The fourth-order valence-electron chi connectivity index (χ4n) is 1.55. The van der Waals surface area contributed by atoms with E-state index in [4.69, 9.17) is 0 Å². The number of hydrogen-bond acceptors (Lipinski definition) is 3. The predicted octanol–water partition coefficient (Wildman–Crippen LogP) is 4.57. The number of aryl methyl sites for hydroxylation is 2. The molecule has 106 valence electrons. The minimum Gasteiger partial charge on any atom is -0.229 e. The first-order valence-corrected chi connectivity index (χ1v) is 6.76. The van der Waals surface area contributed by atoms with Gasteiger partial charge >= 0.3 is 6.18 Å². The van der Waals surface area contributed by atoms with Gasteiger partial charge in [-0.2, -0.15) is 13.2 Å². The van der Waals surface area contributed by atoms with Gasteiger partial charge < -0.3 is 0 Å². The Bertz CT molecular complexity index is 622. The molecule has 0 N–H and O–H groups in total. The minimum atomic E-state index is -4.53. The van der Waals surface area contributed by atoms with Crippen LogP contribution in [0.3, 0.4) is 0 Å². The van der Waals surface area contributed by atoms with E-state index in [1.54, 1.807) is 13.8 Å². The molecule has 2 aromatic rings. The topological polar surface area (TPSA) is 25.8 Å². The van der Waals surface area contributed by atoms with Crippen molar-refractivity contribution in [3.8, 4) is 0 Å². The van der Waals surface area contributed by atoms with Crippen molar-refractivity contribution in [3.63, 3.8) is 0 Å². The van der Waals surface area contributed by atoms with Gasteiger partial charge in [0, 0.05) is 16.2 Å². The second kappa shape index (κ2) is 5.44. The second-order valence-corrected chi connectivity index (χ2v) is 5.54. The van der Waals surface area contributed by atoms with E-state index in [1.165, 1.54) is 11.8 Å². The van der Waals surface area contributed by atoms with Gasteiger partial charge in [-0.3, -0.25) is 0 Å². The third-order valence-corrected chi connectivity index (χ3v) is 3.93. The second-order valence-electron chi connectivity index (χ2n) is 4.48. The van der Waals surface area contributed by atoms with Crippen LogP contribution in [0.4, 0.5) is 13.2 Å². The van der Waals surface area contributed by atoms with Crippen LogP contribution in [-0.2, 0) is 6.18 Å². The van der Waals surface area contributed by atoms with Gasteiger partial charge in [-0.05, 0) is 32.9 Å². The van der Waals surface area contributed by atoms with Crippen LogP contribution in [-0.4, -0.2) is 9.97 Å². The number of hydrogen-bond donors (Lipinski definition) is 0. The molecule has 0 bridgehead atoms. The normalized spacial score (nSPS) is 11.7. The van der Waals surface area contributed by atoms with E-state index in [2.05, 4.69) is 9.97 Å². The van der Waals surface area contributed by atoms with E-state index in [0.717, 1.165) is 10.5 Å². The van der Waals surface area contributed by atoms with Crippen molar-refractivity contribution in [3.05, 3.63) is 46.9 Å². The van der Waals surface area contributed by atoms with E-state index < -0.39 is 12.0 Å². The Morgan fingerprint density at radius 2 is 1.55 bits per heavy atom. The maximum absolute atomic E-state index is 12.7. The smallest absolute Gasteiger partial charge is 0.229 e. The molecule has 6 heteroatoms. The summed E-state index contributed by atoms with van der Waals surface area (Å²) in [4.78, 5) is 8.01. The molecule has 2 rings (SSSR count). The molecule has 2 nitrogen and oxygen atoms in total. The van der Waals surface area contributed by atoms with Gasteiger partial charge in [-0.25, -0.2) is 9.97 Å². The Morgan fingerprint density at radius 3 is 2.10 bits per heavy atom. The quantitative estimate of drug-likeness (QED) is 0.759. The van der Waals surface area contributed by atoms with E-state index in [9.17, 15) is 13.2 Å². The fourth-order valence-corrected chi connectivity index (χ4v) is 2.47. The number of aromatic nitrogens is 2. The Balaban J connectivity index is 2.40. The van der Waals surface area contributed by atoms with Crippen molar-refractivity contribution in [2.75, 3.05) is 0 Å². The standard InChI is InChI=1S/C14H13F3N2S/c1-8-4-6-11(7-5-8)20-12-9(2)10(3)18-13(19-12)14(15,16)17/h4-7H,1-3H3. The lowest BCUT2D eigenvalue weighted by atomic mass is 10.2. The molecule has 0 saturated carbocycles. The van der Waals surface area contributed by atoms with Crippen LogP contribution in [0.2, 0.25) is 0 Å². The molecule has 0 spiro atoms. The minimum absolute atomic E-state index is 0.341. The molecule has 0 aliphatic heterocycles. The lowest BCUT2D eigenvalue weighted by Gasteiger charge is -2.11. The molecule has 1 heterocycles. The van der Waals surface area contributed by atoms with Crippen molar-refractivity contribution in [1.82, 2.24) is 9.97 Å². The molecule has 1 aromatic heterocycles. The molecule has 20 heavy (non-hydrogen) atoms. The Labute approximate surface area is 119 Å². The summed E-state index contributed by atoms with van der Waals surface area (Å²) in [5, 5.41) is 0.341. The number of nitrogens with zero attached hydrogens (tertiary/aromatic N) is 2. The van der Waals surface area contributed by atoms with Crippen molar-refractivity contribution in [2.24, 2.45) is 0 Å². The first kappa shape index (κ1) is 14.8. The monoisotopic (exact) mass is 298 g/mol. The highest BCUT2D eigenvalue weighted by Crippen LogP contribution is 2.33. The van der Waals surface area contributed by atoms with E-state index in [-0.39, 0.29) is 0 Å². The third kappa shape index (κ3) is 3.30. The molecular weight excluding hydrogens is 285 g/mol. The van der Waals surface area contributed by atoms with Crippen LogP contribution in [0.25, 0.3) is 0 Å². The van der Waals surface area contributed by atoms with Crippen LogP contribution in [0.15, 0.2) is 34.2 Å². The number of halogens is 3. The van der Waals surface area contributed by atoms with Gasteiger partial charge in [-0.15, -0.1) is 0 Å². The Kier molecular flexibility index (Phi) is 4.04. The third-order valence-electron chi connectivity index (χ3n) is 2.83. The molecule has 0 aliphatic carbocycles. The van der Waals surface area contributed by atoms with Crippen LogP contribution < -0.4 is 0 Å². The molecule has 0 fully saturated rings. The van der Waals surface area contributed by atoms with Crippen LogP contribution in [0, 0.1) is 20.8 Å². The van der Waals surface area contributed by atoms with Crippen LogP contribution >= 0.6 is 11.8 Å². The Morgan fingerprint density at radius 1 is 0.950 bits per heavy atom. The average molecular weight is 298 g/mol. The zero-order valence-electron chi connectivity index (χ0n) is 11.2. The van der Waals surface area contributed by atoms with E-state index in [1.807, 2.05) is 31.2 Å². The van der Waals surface area contributed by atoms with Crippen LogP contribution in [0.5, 0.6) is 0 Å². The van der Waals surface area contributed by atoms with Gasteiger partial charge in [0.25, 0.3) is 0 Å². The van der Waals surface area contributed by atoms with Crippen molar-refractivity contribution in [1.29, 1.82) is 0 Å². The van der Waals surface area contributed by atoms with Crippen molar-refractivity contribution in [2.45, 2.75) is 36.9 Å². The highest BCUT2D eigenvalue weighted by Gasteiger charge is 2.35. The summed E-state index contributed by atoms with van der Waals surface area (Å²) in [6.07, 6.45) is -4.53. The molecule has 0 saturated heterocycles. The van der Waals surface area contributed by atoms with Gasteiger partial charge in [0.15, 0.2) is 0 Å². The lowest BCUT2D eigenvalue weighted by molar-refractivity contribution is -0.145. The maximum Gasteiger partial charge on any atom is 0.451 e. The first-order chi connectivity index (χ1) is 9.27. The summed E-state index contributed by atoms with van der Waals surface area (Å²) in [6.45, 7) is 5.24. The summed E-state index contributed by atoms with van der Waals surface area (Å²) in [5.74, 6) is -1.09. The SMILES string of the molecule is Cc1ccc(Sc2nc(C(F)(F)F)nc(C)c2C)cc1. The predicted molar refractivity (Wildman–Crippen MR) is 71.8 cm³/mol. The van der Waals surface area contributed by atoms with Crippen molar-refractivity contribution < 1.29 is 13.2 Å². The summed E-state index contributed by atoms with van der Waals surface area (Å²) in [7, 11) is 0. The lowest BCUT2D eigenvalue weighted by Crippen LogP contribution is -2.13. The van der Waals surface area contributed by atoms with Crippen molar-refractivity contribution >= 4 is 11.8 Å². The molecule has 0 aliphatic rings. The zero-order chi connectivity index (χ0) is 14.9. The number of alkyl halides is 3. The fraction of sp³-hybridized carbons (Fsp3) is 0.286. The largest absolute Gasteiger partial charge is 0.451 e. The van der Waals surface area contributed by atoms with E-state index in [0.29, 0.717) is 16.3 Å². The highest BCUT2D eigenvalue weighted by atomic mass is 32.2. The molecule has 0 radical (unpaired) electrons. The summed E-state index contributed by atoms with van der Waals surface area (Å²) in [5.41, 5.74) is 2.12. The van der Waals surface area contributed by atoms with E-state index >= 15 is 0 Å². The summed E-state index contributed by atoms with van der Waals surface area (Å²) >= 11 is 1.22. The van der Waals surface area contributed by atoms with Gasteiger partial charge in [0.1, 0.15) is 5.03 Å². The maximum atomic E-state index is 12.7. The Hall–Kier alpha value is -1.56. The van der Waals surface area contributed by atoms with Gasteiger partial charge in [0.05, 0.1) is 0 Å². The zero-order valence-corrected chi connectivity index (χ0v) is 12.1. The number of benzene rings is 1. The summed E-state index contributed by atoms with van der Waals surface area (Å²) < 4.78 is 38.2. The molecule has 0 amide bonds. The van der Waals surface area contributed by atoms with Crippen LogP contribution in [0.1, 0.15) is 22.6 Å². The molecule has 0 unspecified atom stereocenters. The first-order valence-electron chi connectivity index (χ1n) is 5.94. The summed E-state index contributed by atoms with van der Waals surface area (Å²) in [6, 6.07) is 7.56. The average Bonchev–Trinajstić information content (AvgIpc) is 2.36. The highest BCUT2D eigenvalue weighted by molar-refractivity contribution is 7.99. The number of rotatable bonds is 2. The van der Waals surface area contributed by atoms with Gasteiger partial charge in [-0.1, -0.05) is 29.5 Å². The molecule has 0 atom stereocenters. The van der Waals surface area contributed by atoms with Gasteiger partial charge in [0.2, 0.25) is 5.82 Å². The molecular formula is C14H13F3N2S.